The molecule has 0 spiro atoms. The number of rotatable bonds is 7. The second-order valence-corrected chi connectivity index (χ2v) is 8.83. The van der Waals surface area contributed by atoms with Crippen LogP contribution in [0.3, 0.4) is 0 Å². The number of carbonyl (C=O) groups excluding carboxylic acids is 1. The predicted octanol–water partition coefficient (Wildman–Crippen LogP) is 2.78. The van der Waals surface area contributed by atoms with Crippen LogP contribution in [0.15, 0.2) is 29.2 Å². The highest BCUT2D eigenvalue weighted by Crippen LogP contribution is 2.25. The van der Waals surface area contributed by atoms with E-state index in [0.29, 0.717) is 12.5 Å². The highest BCUT2D eigenvalue weighted by molar-refractivity contribution is 7.89. The summed E-state index contributed by atoms with van der Waals surface area (Å²) in [5, 5.41) is 0. The van der Waals surface area contributed by atoms with E-state index >= 15 is 0 Å². The molecular weight excluding hydrogens is 343 g/mol. The zero-order valence-corrected chi connectivity index (χ0v) is 15.9. The molecule has 1 atom stereocenters. The summed E-state index contributed by atoms with van der Waals surface area (Å²) in [5.74, 6) is -0.879. The van der Waals surface area contributed by atoms with Crippen molar-refractivity contribution in [2.75, 3.05) is 13.6 Å². The fraction of sp³-hybridized carbons (Fsp3) is 0.611. The van der Waals surface area contributed by atoms with Gasteiger partial charge in [0, 0.05) is 13.6 Å². The van der Waals surface area contributed by atoms with E-state index in [4.69, 9.17) is 0 Å². The van der Waals surface area contributed by atoms with Gasteiger partial charge in [-0.1, -0.05) is 38.8 Å². The van der Waals surface area contributed by atoms with Gasteiger partial charge in [-0.15, -0.1) is 0 Å². The number of likely N-dealkylation sites (N-methyl/N-ethyl adjacent to an activating group) is 1. The fourth-order valence-electron chi connectivity index (χ4n) is 3.27. The maximum Gasteiger partial charge on any atom is 0.244 e. The average molecular weight is 370 g/mol. The molecule has 140 valence electrons. The van der Waals surface area contributed by atoms with Gasteiger partial charge >= 0.3 is 0 Å². The standard InChI is InChI=1S/C18H27FN2O3S/c1-13(2)17(18(22)21(3)12-14-8-4-5-9-14)20-25(23,24)16-11-7-6-10-15(16)19/h6-7,10-11,13-14,17,20H,4-5,8-9,12H2,1-3H3/t17-/m0/s1. The summed E-state index contributed by atoms with van der Waals surface area (Å²) in [7, 11) is -2.41. The Labute approximate surface area is 149 Å². The molecule has 0 bridgehead atoms. The van der Waals surface area contributed by atoms with Gasteiger partial charge in [-0.2, -0.15) is 4.72 Å². The molecular formula is C18H27FN2O3S. The van der Waals surface area contributed by atoms with Crippen LogP contribution in [0.25, 0.3) is 0 Å². The largest absolute Gasteiger partial charge is 0.344 e. The van der Waals surface area contributed by atoms with Crippen LogP contribution in [0.5, 0.6) is 0 Å². The Hall–Kier alpha value is -1.47. The molecule has 2 rings (SSSR count). The van der Waals surface area contributed by atoms with Crippen LogP contribution < -0.4 is 4.72 Å². The van der Waals surface area contributed by atoms with Crippen molar-refractivity contribution in [1.29, 1.82) is 0 Å². The molecule has 1 aromatic carbocycles. The Balaban J connectivity index is 2.14. The number of nitrogens with one attached hydrogen (secondary N) is 1. The third kappa shape index (κ3) is 5.01. The van der Waals surface area contributed by atoms with Crippen molar-refractivity contribution < 1.29 is 17.6 Å². The van der Waals surface area contributed by atoms with Crippen molar-refractivity contribution in [3.05, 3.63) is 30.1 Å². The topological polar surface area (TPSA) is 66.5 Å². The lowest BCUT2D eigenvalue weighted by atomic mass is 10.0. The van der Waals surface area contributed by atoms with Crippen molar-refractivity contribution in [2.45, 2.75) is 50.5 Å². The molecule has 1 fully saturated rings. The van der Waals surface area contributed by atoms with Crippen molar-refractivity contribution in [1.82, 2.24) is 9.62 Å². The number of nitrogens with zero attached hydrogens (tertiary/aromatic N) is 1. The number of halogens is 1. The molecule has 0 unspecified atom stereocenters. The van der Waals surface area contributed by atoms with Crippen LogP contribution in [-0.2, 0) is 14.8 Å². The number of amides is 1. The van der Waals surface area contributed by atoms with Gasteiger partial charge in [0.25, 0.3) is 0 Å². The molecule has 1 saturated carbocycles. The first-order valence-corrected chi connectivity index (χ1v) is 10.2. The normalized spacial score (nSPS) is 17.0. The van der Waals surface area contributed by atoms with Gasteiger partial charge in [-0.25, -0.2) is 12.8 Å². The second kappa shape index (κ2) is 8.27. The summed E-state index contributed by atoms with van der Waals surface area (Å²) in [6, 6.07) is 4.25. The highest BCUT2D eigenvalue weighted by atomic mass is 32.2. The predicted molar refractivity (Wildman–Crippen MR) is 94.9 cm³/mol. The number of carbonyl (C=O) groups is 1. The van der Waals surface area contributed by atoms with Crippen molar-refractivity contribution >= 4 is 15.9 Å². The van der Waals surface area contributed by atoms with Gasteiger partial charge in [0.15, 0.2) is 0 Å². The minimum absolute atomic E-state index is 0.250. The molecule has 1 aliphatic rings. The van der Waals surface area contributed by atoms with Gasteiger partial charge in [0.05, 0.1) is 0 Å². The lowest BCUT2D eigenvalue weighted by Crippen LogP contribution is -2.50. The van der Waals surface area contributed by atoms with Crippen molar-refractivity contribution in [2.24, 2.45) is 11.8 Å². The third-order valence-corrected chi connectivity index (χ3v) is 6.20. The van der Waals surface area contributed by atoms with Gasteiger partial charge in [0.1, 0.15) is 16.8 Å². The summed E-state index contributed by atoms with van der Waals surface area (Å²) in [4.78, 5) is 13.9. The number of benzene rings is 1. The molecule has 25 heavy (non-hydrogen) atoms. The summed E-state index contributed by atoms with van der Waals surface area (Å²) >= 11 is 0. The maximum absolute atomic E-state index is 13.9. The molecule has 5 nitrogen and oxygen atoms in total. The molecule has 7 heteroatoms. The number of hydrogen-bond donors (Lipinski definition) is 1. The van der Waals surface area contributed by atoms with E-state index in [1.807, 2.05) is 0 Å². The molecule has 1 N–H and O–H groups in total. The first kappa shape index (κ1) is 19.8. The lowest BCUT2D eigenvalue weighted by Gasteiger charge is -2.28. The Morgan fingerprint density at radius 1 is 1.28 bits per heavy atom. The van der Waals surface area contributed by atoms with E-state index in [-0.39, 0.29) is 11.8 Å². The maximum atomic E-state index is 13.9. The second-order valence-electron chi connectivity index (χ2n) is 7.14. The molecule has 0 radical (unpaired) electrons. The zero-order valence-electron chi connectivity index (χ0n) is 15.0. The van der Waals surface area contributed by atoms with Gasteiger partial charge < -0.3 is 4.90 Å². The first-order chi connectivity index (χ1) is 11.7. The number of sulfonamides is 1. The summed E-state index contributed by atoms with van der Waals surface area (Å²) in [5.41, 5.74) is 0. The smallest absolute Gasteiger partial charge is 0.244 e. The molecule has 1 aliphatic carbocycles. The Bertz CT molecular complexity index is 700. The Kier molecular flexibility index (Phi) is 6.57. The highest BCUT2D eigenvalue weighted by Gasteiger charge is 2.32. The van der Waals surface area contributed by atoms with Crippen molar-refractivity contribution in [3.63, 3.8) is 0 Å². The summed E-state index contributed by atoms with van der Waals surface area (Å²) in [6.45, 7) is 4.18. The summed E-state index contributed by atoms with van der Waals surface area (Å²) in [6.07, 6.45) is 4.57. The van der Waals surface area contributed by atoms with Gasteiger partial charge in [-0.3, -0.25) is 4.79 Å². The van der Waals surface area contributed by atoms with Crippen LogP contribution in [0.2, 0.25) is 0 Å². The Morgan fingerprint density at radius 2 is 1.88 bits per heavy atom. The average Bonchev–Trinajstić information content (AvgIpc) is 3.05. The van der Waals surface area contributed by atoms with Crippen LogP contribution in [0.4, 0.5) is 4.39 Å². The van der Waals surface area contributed by atoms with Gasteiger partial charge in [0.2, 0.25) is 15.9 Å². The number of hydrogen-bond acceptors (Lipinski definition) is 3. The molecule has 1 aromatic rings. The first-order valence-electron chi connectivity index (χ1n) is 8.74. The molecule has 0 aliphatic heterocycles. The summed E-state index contributed by atoms with van der Waals surface area (Å²) < 4.78 is 41.3. The van der Waals surface area contributed by atoms with E-state index in [2.05, 4.69) is 4.72 Å². The zero-order chi connectivity index (χ0) is 18.6. The van der Waals surface area contributed by atoms with E-state index in [1.54, 1.807) is 25.8 Å². The molecule has 0 saturated heterocycles. The molecule has 0 aromatic heterocycles. The van der Waals surface area contributed by atoms with E-state index < -0.39 is 26.8 Å². The van der Waals surface area contributed by atoms with Crippen LogP contribution in [0.1, 0.15) is 39.5 Å². The van der Waals surface area contributed by atoms with Crippen molar-refractivity contribution in [3.8, 4) is 0 Å². The third-order valence-electron chi connectivity index (χ3n) is 4.72. The minimum Gasteiger partial charge on any atom is -0.344 e. The van der Waals surface area contributed by atoms with E-state index in [9.17, 15) is 17.6 Å². The Morgan fingerprint density at radius 3 is 2.44 bits per heavy atom. The monoisotopic (exact) mass is 370 g/mol. The molecule has 1 amide bonds. The minimum atomic E-state index is -4.11. The van der Waals surface area contributed by atoms with Crippen LogP contribution in [-0.4, -0.2) is 38.9 Å². The lowest BCUT2D eigenvalue weighted by molar-refractivity contribution is -0.133. The van der Waals surface area contributed by atoms with Gasteiger partial charge in [-0.05, 0) is 36.8 Å². The van der Waals surface area contributed by atoms with Crippen LogP contribution in [0, 0.1) is 17.7 Å². The SMILES string of the molecule is CC(C)[C@H](NS(=O)(=O)c1ccccc1F)C(=O)N(C)CC1CCCC1. The molecule has 0 heterocycles. The van der Waals surface area contributed by atoms with E-state index in [1.165, 1.54) is 31.0 Å². The van der Waals surface area contributed by atoms with E-state index in [0.717, 1.165) is 18.9 Å². The van der Waals surface area contributed by atoms with Crippen LogP contribution >= 0.6 is 0 Å². The fourth-order valence-corrected chi connectivity index (χ4v) is 4.69. The quantitative estimate of drug-likeness (QED) is 0.803.